The van der Waals surface area contributed by atoms with E-state index in [1.54, 1.807) is 12.1 Å². The van der Waals surface area contributed by atoms with Crippen LogP contribution in [0.5, 0.6) is 11.5 Å². The van der Waals surface area contributed by atoms with Gasteiger partial charge in [-0.3, -0.25) is 0 Å². The fraction of sp³-hybridized carbons (Fsp3) is 0.455. The Labute approximate surface area is 88.4 Å². The van der Waals surface area contributed by atoms with Gasteiger partial charge in [0.2, 0.25) is 0 Å². The second-order valence-corrected chi connectivity index (χ2v) is 3.18. The number of aliphatic hydroxyl groups is 1. The molecule has 1 unspecified atom stereocenters. The molecule has 0 radical (unpaired) electrons. The summed E-state index contributed by atoms with van der Waals surface area (Å²) in [4.78, 5) is 0. The third kappa shape index (κ3) is 2.39. The molecule has 3 nitrogen and oxygen atoms in total. The number of benzene rings is 1. The molecular weight excluding hydrogens is 199 g/mol. The van der Waals surface area contributed by atoms with Crippen LogP contribution >= 0.6 is 0 Å². The average Bonchev–Trinajstić information content (AvgIpc) is 2.26. The minimum atomic E-state index is -1.14. The molecule has 0 aliphatic rings. The molecule has 84 valence electrons. The summed E-state index contributed by atoms with van der Waals surface area (Å²) >= 11 is 0. The highest BCUT2D eigenvalue weighted by atomic mass is 19.1. The van der Waals surface area contributed by atoms with Crippen molar-refractivity contribution in [1.82, 2.24) is 0 Å². The number of ether oxygens (including phenoxy) is 2. The molecule has 1 N–H and O–H groups in total. The highest BCUT2D eigenvalue weighted by molar-refractivity contribution is 5.47. The van der Waals surface area contributed by atoms with E-state index >= 15 is 0 Å². The molecule has 0 heterocycles. The topological polar surface area (TPSA) is 38.7 Å². The van der Waals surface area contributed by atoms with Crippen LogP contribution in [0, 0.1) is 0 Å². The molecule has 1 rings (SSSR count). The van der Waals surface area contributed by atoms with Crippen LogP contribution in [0.3, 0.4) is 0 Å². The zero-order valence-electron chi connectivity index (χ0n) is 9.08. The summed E-state index contributed by atoms with van der Waals surface area (Å²) in [6.07, 6.45) is -1.14. The molecule has 1 atom stereocenters. The molecule has 1 aromatic carbocycles. The number of rotatable bonds is 4. The van der Waals surface area contributed by atoms with Gasteiger partial charge in [0.05, 0.1) is 20.8 Å². The zero-order valence-corrected chi connectivity index (χ0v) is 9.08. The number of methoxy groups -OCH3 is 2. The van der Waals surface area contributed by atoms with E-state index in [0.29, 0.717) is 22.6 Å². The van der Waals surface area contributed by atoms with Crippen molar-refractivity contribution in [3.05, 3.63) is 23.3 Å². The van der Waals surface area contributed by atoms with Gasteiger partial charge in [0.25, 0.3) is 0 Å². The van der Waals surface area contributed by atoms with E-state index in [0.717, 1.165) is 0 Å². The second kappa shape index (κ2) is 4.98. The lowest BCUT2D eigenvalue weighted by Gasteiger charge is -2.14. The van der Waals surface area contributed by atoms with Crippen LogP contribution < -0.4 is 9.47 Å². The smallest absolute Gasteiger partial charge is 0.126 e. The van der Waals surface area contributed by atoms with Crippen LogP contribution in [-0.2, 0) is 6.61 Å². The molecule has 0 aliphatic carbocycles. The molecule has 0 spiro atoms. The van der Waals surface area contributed by atoms with Crippen molar-refractivity contribution in [2.24, 2.45) is 0 Å². The fourth-order valence-corrected chi connectivity index (χ4v) is 1.42. The third-order valence-corrected chi connectivity index (χ3v) is 2.23. The summed E-state index contributed by atoms with van der Waals surface area (Å²) in [7, 11) is 2.95. The Kier molecular flexibility index (Phi) is 3.91. The Bertz CT molecular complexity index is 337. The normalized spacial score (nSPS) is 12.3. The van der Waals surface area contributed by atoms with Crippen LogP contribution in [0.1, 0.15) is 24.2 Å². The van der Waals surface area contributed by atoms with Gasteiger partial charge in [-0.25, -0.2) is 4.39 Å². The van der Waals surface area contributed by atoms with E-state index in [9.17, 15) is 4.39 Å². The van der Waals surface area contributed by atoms with Gasteiger partial charge in [0.15, 0.2) is 0 Å². The number of hydrogen-bond acceptors (Lipinski definition) is 3. The van der Waals surface area contributed by atoms with Crippen molar-refractivity contribution < 1.29 is 19.0 Å². The molecule has 4 heteroatoms. The summed E-state index contributed by atoms with van der Waals surface area (Å²) in [6, 6.07) is 3.14. The van der Waals surface area contributed by atoms with Crippen molar-refractivity contribution >= 4 is 0 Å². The third-order valence-electron chi connectivity index (χ3n) is 2.23. The largest absolute Gasteiger partial charge is 0.496 e. The molecule has 0 bridgehead atoms. The maximum Gasteiger partial charge on any atom is 0.126 e. The lowest BCUT2D eigenvalue weighted by Crippen LogP contribution is -1.99. The van der Waals surface area contributed by atoms with E-state index in [2.05, 4.69) is 0 Å². The Hall–Kier alpha value is -1.29. The van der Waals surface area contributed by atoms with Crippen molar-refractivity contribution in [2.45, 2.75) is 19.7 Å². The summed E-state index contributed by atoms with van der Waals surface area (Å²) in [6.45, 7) is 1.26. The van der Waals surface area contributed by atoms with Crippen molar-refractivity contribution in [3.63, 3.8) is 0 Å². The molecule has 0 aromatic heterocycles. The summed E-state index contributed by atoms with van der Waals surface area (Å²) in [5, 5.41) is 9.07. The van der Waals surface area contributed by atoms with Gasteiger partial charge in [0, 0.05) is 11.1 Å². The highest BCUT2D eigenvalue weighted by Gasteiger charge is 2.14. The first-order chi connectivity index (χ1) is 7.13. The van der Waals surface area contributed by atoms with Crippen LogP contribution in [0.25, 0.3) is 0 Å². The number of aliphatic hydroxyl groups excluding tert-OH is 1. The molecule has 0 saturated carbocycles. The van der Waals surface area contributed by atoms with Gasteiger partial charge in [-0.15, -0.1) is 0 Å². The fourth-order valence-electron chi connectivity index (χ4n) is 1.42. The van der Waals surface area contributed by atoms with Gasteiger partial charge in [0.1, 0.15) is 17.7 Å². The van der Waals surface area contributed by atoms with Crippen LogP contribution in [0.2, 0.25) is 0 Å². The van der Waals surface area contributed by atoms with Crippen LogP contribution in [0.4, 0.5) is 4.39 Å². The maximum atomic E-state index is 13.2. The first-order valence-electron chi connectivity index (χ1n) is 4.63. The van der Waals surface area contributed by atoms with Crippen molar-refractivity contribution in [1.29, 1.82) is 0 Å². The SMILES string of the molecule is COc1cc(C(C)F)c(OC)cc1CO. The van der Waals surface area contributed by atoms with Gasteiger partial charge in [-0.2, -0.15) is 0 Å². The summed E-state index contributed by atoms with van der Waals surface area (Å²) < 4.78 is 23.3. The average molecular weight is 214 g/mol. The summed E-state index contributed by atoms with van der Waals surface area (Å²) in [5.41, 5.74) is 1.00. The number of hydrogen-bond donors (Lipinski definition) is 1. The lowest BCUT2D eigenvalue weighted by molar-refractivity contribution is 0.271. The molecular formula is C11H15FO3. The first-order valence-corrected chi connectivity index (χ1v) is 4.63. The van der Waals surface area contributed by atoms with Gasteiger partial charge in [-0.05, 0) is 19.1 Å². The van der Waals surface area contributed by atoms with E-state index in [1.807, 2.05) is 0 Å². The van der Waals surface area contributed by atoms with E-state index in [1.165, 1.54) is 21.1 Å². The monoisotopic (exact) mass is 214 g/mol. The van der Waals surface area contributed by atoms with Crippen LogP contribution in [-0.4, -0.2) is 19.3 Å². The quantitative estimate of drug-likeness (QED) is 0.835. The Morgan fingerprint density at radius 3 is 2.27 bits per heavy atom. The van der Waals surface area contributed by atoms with Gasteiger partial charge in [-0.1, -0.05) is 0 Å². The van der Waals surface area contributed by atoms with Crippen LogP contribution in [0.15, 0.2) is 12.1 Å². The molecule has 0 saturated heterocycles. The van der Waals surface area contributed by atoms with E-state index < -0.39 is 6.17 Å². The Balaban J connectivity index is 3.27. The van der Waals surface area contributed by atoms with Crippen molar-refractivity contribution in [3.8, 4) is 11.5 Å². The second-order valence-electron chi connectivity index (χ2n) is 3.18. The lowest BCUT2D eigenvalue weighted by atomic mass is 10.1. The first kappa shape index (κ1) is 11.8. The van der Waals surface area contributed by atoms with Gasteiger partial charge >= 0.3 is 0 Å². The van der Waals surface area contributed by atoms with E-state index in [-0.39, 0.29) is 6.61 Å². The maximum absolute atomic E-state index is 13.2. The minimum absolute atomic E-state index is 0.166. The molecule has 0 aliphatic heterocycles. The molecule has 0 amide bonds. The standard InChI is InChI=1S/C11H15FO3/c1-7(12)9-5-10(14-2)8(6-13)4-11(9)15-3/h4-5,7,13H,6H2,1-3H3. The molecule has 0 fully saturated rings. The van der Waals surface area contributed by atoms with E-state index in [4.69, 9.17) is 14.6 Å². The zero-order chi connectivity index (χ0) is 11.4. The molecule has 1 aromatic rings. The minimum Gasteiger partial charge on any atom is -0.496 e. The van der Waals surface area contributed by atoms with Crippen molar-refractivity contribution in [2.75, 3.05) is 14.2 Å². The highest BCUT2D eigenvalue weighted by Crippen LogP contribution is 2.34. The summed E-state index contributed by atoms with van der Waals surface area (Å²) in [5.74, 6) is 0.896. The molecule has 15 heavy (non-hydrogen) atoms. The number of halogens is 1. The Morgan fingerprint density at radius 1 is 1.27 bits per heavy atom. The predicted octanol–water partition coefficient (Wildman–Crippen LogP) is 2.23. The Morgan fingerprint density at radius 2 is 1.87 bits per heavy atom. The predicted molar refractivity (Wildman–Crippen MR) is 55.0 cm³/mol. The van der Waals surface area contributed by atoms with Gasteiger partial charge < -0.3 is 14.6 Å². The number of alkyl halides is 1.